The van der Waals surface area contributed by atoms with Gasteiger partial charge >= 0.3 is 0 Å². The molecule has 0 saturated carbocycles. The summed E-state index contributed by atoms with van der Waals surface area (Å²) in [6, 6.07) is 5.18. The van der Waals surface area contributed by atoms with E-state index in [0.29, 0.717) is 5.69 Å². The van der Waals surface area contributed by atoms with Crippen LogP contribution in [0, 0.1) is 10.1 Å². The van der Waals surface area contributed by atoms with Crippen molar-refractivity contribution in [3.8, 4) is 0 Å². The molecule has 4 nitrogen and oxygen atoms in total. The Morgan fingerprint density at radius 1 is 1.44 bits per heavy atom. The van der Waals surface area contributed by atoms with E-state index in [1.54, 1.807) is 12.1 Å². The van der Waals surface area contributed by atoms with Crippen LogP contribution in [0.3, 0.4) is 0 Å². The second-order valence-electron chi connectivity index (χ2n) is 3.47. The molecule has 5 heteroatoms. The second-order valence-corrected chi connectivity index (χ2v) is 4.39. The van der Waals surface area contributed by atoms with Crippen molar-refractivity contribution in [1.29, 1.82) is 0 Å². The molecule has 0 bridgehead atoms. The van der Waals surface area contributed by atoms with E-state index in [2.05, 4.69) is 22.9 Å². The van der Waals surface area contributed by atoms with E-state index in [4.69, 9.17) is 0 Å². The number of hydrogen-bond donors (Lipinski definition) is 0. The number of nitro groups is 1. The third-order valence-corrected chi connectivity index (χ3v) is 2.84. The predicted octanol–water partition coefficient (Wildman–Crippen LogP) is 3.59. The summed E-state index contributed by atoms with van der Waals surface area (Å²) in [4.78, 5) is 12.6. The summed E-state index contributed by atoms with van der Waals surface area (Å²) in [5, 5.41) is 11.0. The van der Waals surface area contributed by atoms with Crippen LogP contribution in [-0.4, -0.2) is 18.0 Å². The van der Waals surface area contributed by atoms with Gasteiger partial charge in [0, 0.05) is 23.6 Å². The second kappa shape index (κ2) is 5.84. The fourth-order valence-electron chi connectivity index (χ4n) is 1.63. The van der Waals surface area contributed by atoms with Crippen molar-refractivity contribution in [2.24, 2.45) is 0 Å². The molecule has 1 aromatic rings. The molecule has 0 amide bonds. The van der Waals surface area contributed by atoms with Gasteiger partial charge in [-0.1, -0.05) is 22.9 Å². The molecule has 0 heterocycles. The number of benzene rings is 1. The number of rotatable bonds is 5. The smallest absolute Gasteiger partial charge is 0.293 e. The maximum Gasteiger partial charge on any atom is 0.293 e. The highest BCUT2D eigenvalue weighted by Gasteiger charge is 2.18. The first-order valence-electron chi connectivity index (χ1n) is 5.29. The molecule has 0 aliphatic heterocycles. The van der Waals surface area contributed by atoms with Crippen LogP contribution in [0.4, 0.5) is 11.4 Å². The standard InChI is InChI=1S/C11H15BrN2O2/c1-3-7-13(4-2)10-6-5-9(12)8-11(10)14(15)16/h5-6,8H,3-4,7H2,1-2H3. The van der Waals surface area contributed by atoms with Gasteiger partial charge < -0.3 is 4.90 Å². The quantitative estimate of drug-likeness (QED) is 0.614. The molecule has 0 radical (unpaired) electrons. The first-order chi connectivity index (χ1) is 7.60. The van der Waals surface area contributed by atoms with Crippen molar-refractivity contribution >= 4 is 27.3 Å². The summed E-state index contributed by atoms with van der Waals surface area (Å²) in [5.41, 5.74) is 0.849. The van der Waals surface area contributed by atoms with Crippen LogP contribution < -0.4 is 4.90 Å². The zero-order valence-corrected chi connectivity index (χ0v) is 11.0. The molecule has 1 aromatic carbocycles. The monoisotopic (exact) mass is 286 g/mol. The lowest BCUT2D eigenvalue weighted by atomic mass is 10.2. The van der Waals surface area contributed by atoms with Gasteiger partial charge in [0.25, 0.3) is 5.69 Å². The van der Waals surface area contributed by atoms with Crippen molar-refractivity contribution in [1.82, 2.24) is 0 Å². The third-order valence-electron chi connectivity index (χ3n) is 2.35. The van der Waals surface area contributed by atoms with Gasteiger partial charge in [-0.15, -0.1) is 0 Å². The Balaban J connectivity index is 3.14. The largest absolute Gasteiger partial charge is 0.366 e. The normalized spacial score (nSPS) is 10.2. The Bertz CT molecular complexity index is 382. The number of nitro benzene ring substituents is 1. The van der Waals surface area contributed by atoms with E-state index in [9.17, 15) is 10.1 Å². The number of nitrogens with zero attached hydrogens (tertiary/aromatic N) is 2. The molecular weight excluding hydrogens is 272 g/mol. The lowest BCUT2D eigenvalue weighted by Gasteiger charge is -2.22. The van der Waals surface area contributed by atoms with Crippen molar-refractivity contribution < 1.29 is 4.92 Å². The lowest BCUT2D eigenvalue weighted by molar-refractivity contribution is -0.384. The number of hydrogen-bond acceptors (Lipinski definition) is 3. The minimum absolute atomic E-state index is 0.157. The Hall–Kier alpha value is -1.10. The summed E-state index contributed by atoms with van der Waals surface area (Å²) >= 11 is 3.25. The van der Waals surface area contributed by atoms with Gasteiger partial charge in [-0.25, -0.2) is 0 Å². The first-order valence-corrected chi connectivity index (χ1v) is 6.08. The van der Waals surface area contributed by atoms with E-state index in [1.807, 2.05) is 17.9 Å². The molecule has 88 valence electrons. The molecule has 0 aliphatic carbocycles. The van der Waals surface area contributed by atoms with Crippen LogP contribution in [-0.2, 0) is 0 Å². The zero-order chi connectivity index (χ0) is 12.1. The molecule has 0 saturated heterocycles. The van der Waals surface area contributed by atoms with Gasteiger partial charge in [0.15, 0.2) is 0 Å². The zero-order valence-electron chi connectivity index (χ0n) is 9.44. The van der Waals surface area contributed by atoms with Crippen LogP contribution in [0.15, 0.2) is 22.7 Å². The fourth-order valence-corrected chi connectivity index (χ4v) is 1.98. The molecule has 0 unspecified atom stereocenters. The SMILES string of the molecule is CCCN(CC)c1ccc(Br)cc1[N+](=O)[O-]. The van der Waals surface area contributed by atoms with Crippen molar-refractivity contribution in [2.75, 3.05) is 18.0 Å². The summed E-state index contributed by atoms with van der Waals surface area (Å²) in [5.74, 6) is 0. The van der Waals surface area contributed by atoms with Gasteiger partial charge in [-0.05, 0) is 25.5 Å². The topological polar surface area (TPSA) is 46.4 Å². The predicted molar refractivity (Wildman–Crippen MR) is 69.0 cm³/mol. The highest BCUT2D eigenvalue weighted by atomic mass is 79.9. The summed E-state index contributed by atoms with van der Waals surface area (Å²) < 4.78 is 0.732. The molecule has 0 aliphatic rings. The van der Waals surface area contributed by atoms with Crippen molar-refractivity contribution in [3.63, 3.8) is 0 Å². The Labute approximate surface area is 104 Å². The van der Waals surface area contributed by atoms with Gasteiger partial charge in [0.1, 0.15) is 5.69 Å². The molecule has 16 heavy (non-hydrogen) atoms. The number of halogens is 1. The lowest BCUT2D eigenvalue weighted by Crippen LogP contribution is -2.24. The third kappa shape index (κ3) is 2.95. The van der Waals surface area contributed by atoms with E-state index >= 15 is 0 Å². The molecule has 0 fully saturated rings. The van der Waals surface area contributed by atoms with E-state index < -0.39 is 0 Å². The van der Waals surface area contributed by atoms with Gasteiger partial charge in [0.2, 0.25) is 0 Å². The Morgan fingerprint density at radius 2 is 2.12 bits per heavy atom. The summed E-state index contributed by atoms with van der Waals surface area (Å²) in [6.45, 7) is 5.67. The van der Waals surface area contributed by atoms with Crippen LogP contribution in [0.5, 0.6) is 0 Å². The van der Waals surface area contributed by atoms with E-state index in [0.717, 1.165) is 24.0 Å². The average Bonchev–Trinajstić information content (AvgIpc) is 2.26. The van der Waals surface area contributed by atoms with Gasteiger partial charge in [-0.3, -0.25) is 10.1 Å². The van der Waals surface area contributed by atoms with E-state index in [1.165, 1.54) is 0 Å². The van der Waals surface area contributed by atoms with E-state index in [-0.39, 0.29) is 10.6 Å². The minimum atomic E-state index is -0.335. The highest BCUT2D eigenvalue weighted by molar-refractivity contribution is 9.10. The average molecular weight is 287 g/mol. The van der Waals surface area contributed by atoms with Crippen LogP contribution in [0.25, 0.3) is 0 Å². The maximum atomic E-state index is 11.0. The fraction of sp³-hybridized carbons (Fsp3) is 0.455. The van der Waals surface area contributed by atoms with Gasteiger partial charge in [0.05, 0.1) is 4.92 Å². The Kier molecular flexibility index (Phi) is 4.73. The summed E-state index contributed by atoms with van der Waals surface area (Å²) in [7, 11) is 0. The molecule has 0 atom stereocenters. The van der Waals surface area contributed by atoms with Crippen molar-refractivity contribution in [3.05, 3.63) is 32.8 Å². The van der Waals surface area contributed by atoms with Crippen LogP contribution >= 0.6 is 15.9 Å². The first kappa shape index (κ1) is 13.0. The molecular formula is C11H15BrN2O2. The number of anilines is 1. The van der Waals surface area contributed by atoms with Crippen LogP contribution in [0.1, 0.15) is 20.3 Å². The Morgan fingerprint density at radius 3 is 2.62 bits per heavy atom. The molecule has 0 spiro atoms. The van der Waals surface area contributed by atoms with Crippen LogP contribution in [0.2, 0.25) is 0 Å². The maximum absolute atomic E-state index is 11.0. The highest BCUT2D eigenvalue weighted by Crippen LogP contribution is 2.31. The molecule has 0 aromatic heterocycles. The minimum Gasteiger partial charge on any atom is -0.366 e. The molecule has 0 N–H and O–H groups in total. The summed E-state index contributed by atoms with van der Waals surface area (Å²) in [6.07, 6.45) is 0.973. The van der Waals surface area contributed by atoms with Crippen molar-refractivity contribution in [2.45, 2.75) is 20.3 Å². The molecule has 1 rings (SSSR count). The van der Waals surface area contributed by atoms with Gasteiger partial charge in [-0.2, -0.15) is 0 Å².